The van der Waals surface area contributed by atoms with Crippen LogP contribution in [0.4, 0.5) is 0 Å². The van der Waals surface area contributed by atoms with E-state index in [2.05, 4.69) is 15.5 Å². The van der Waals surface area contributed by atoms with Gasteiger partial charge >= 0.3 is 0 Å². The van der Waals surface area contributed by atoms with Crippen molar-refractivity contribution in [1.29, 1.82) is 0 Å². The molecule has 0 spiro atoms. The SMILES string of the molecule is CC(C)(C)c1nc(C(=O)[C@H](CC(N)=O)NC(=O)CCS(=O)(=O)Cc2ccccc2)no1. The van der Waals surface area contributed by atoms with E-state index in [0.29, 0.717) is 5.56 Å². The van der Waals surface area contributed by atoms with Gasteiger partial charge in [0.15, 0.2) is 9.84 Å². The standard InChI is InChI=1S/C20H26N4O6S/c1-20(2,3)19-23-18(24-30-19)17(27)14(11-15(21)25)22-16(26)9-10-31(28,29)12-13-7-5-4-6-8-13/h4-8,14H,9-12H2,1-3H3,(H2,21,25)(H,22,26)/t14-/m0/s1. The molecule has 0 saturated carbocycles. The fourth-order valence-corrected chi connectivity index (χ4v) is 3.95. The third-order valence-electron chi connectivity index (χ3n) is 4.21. The van der Waals surface area contributed by atoms with Crippen molar-refractivity contribution in [3.05, 3.63) is 47.6 Å². The number of hydrogen-bond acceptors (Lipinski definition) is 8. The van der Waals surface area contributed by atoms with Gasteiger partial charge in [-0.05, 0) is 5.56 Å². The smallest absolute Gasteiger partial charge is 0.240 e. The number of ketones is 1. The molecule has 2 amide bonds. The van der Waals surface area contributed by atoms with Gasteiger partial charge in [-0.3, -0.25) is 14.4 Å². The van der Waals surface area contributed by atoms with Gasteiger partial charge in [0, 0.05) is 11.8 Å². The van der Waals surface area contributed by atoms with Crippen LogP contribution in [-0.4, -0.2) is 48.0 Å². The molecule has 2 rings (SSSR count). The summed E-state index contributed by atoms with van der Waals surface area (Å²) in [5.41, 5.74) is 5.29. The van der Waals surface area contributed by atoms with Crippen molar-refractivity contribution in [2.24, 2.45) is 5.73 Å². The van der Waals surface area contributed by atoms with E-state index in [-0.39, 0.29) is 23.9 Å². The molecule has 0 fully saturated rings. The Labute approximate surface area is 180 Å². The van der Waals surface area contributed by atoms with Crippen molar-refractivity contribution >= 4 is 27.4 Å². The number of nitrogens with one attached hydrogen (secondary N) is 1. The third-order valence-corrected chi connectivity index (χ3v) is 5.81. The highest BCUT2D eigenvalue weighted by Crippen LogP contribution is 2.20. The van der Waals surface area contributed by atoms with Crippen LogP contribution in [0.3, 0.4) is 0 Å². The number of amides is 2. The maximum Gasteiger partial charge on any atom is 0.240 e. The van der Waals surface area contributed by atoms with Crippen LogP contribution in [0.25, 0.3) is 0 Å². The first-order valence-corrected chi connectivity index (χ1v) is 11.4. The Bertz CT molecular complexity index is 1040. The second kappa shape index (κ2) is 9.82. The van der Waals surface area contributed by atoms with E-state index >= 15 is 0 Å². The molecule has 168 valence electrons. The minimum Gasteiger partial charge on any atom is -0.370 e. The molecule has 1 atom stereocenters. The average molecular weight is 451 g/mol. The molecule has 10 nitrogen and oxygen atoms in total. The Hall–Kier alpha value is -3.08. The first-order chi connectivity index (χ1) is 14.4. The number of Topliss-reactive ketones (excluding diaryl/α,β-unsaturated/α-hetero) is 1. The number of nitrogens with zero attached hydrogens (tertiary/aromatic N) is 2. The molecule has 11 heteroatoms. The summed E-state index contributed by atoms with van der Waals surface area (Å²) in [5.74, 6) is -2.99. The van der Waals surface area contributed by atoms with Crippen LogP contribution in [0.15, 0.2) is 34.9 Å². The normalized spacial score (nSPS) is 12.9. The van der Waals surface area contributed by atoms with Crippen molar-refractivity contribution in [3.63, 3.8) is 0 Å². The maximum atomic E-state index is 12.7. The summed E-state index contributed by atoms with van der Waals surface area (Å²) in [5, 5.41) is 5.97. The summed E-state index contributed by atoms with van der Waals surface area (Å²) in [6, 6.07) is 7.24. The first-order valence-electron chi connectivity index (χ1n) is 9.58. The molecule has 3 N–H and O–H groups in total. The van der Waals surface area contributed by atoms with Crippen molar-refractivity contribution in [2.75, 3.05) is 5.75 Å². The number of hydrogen-bond donors (Lipinski definition) is 2. The second-order valence-corrected chi connectivity index (χ2v) is 10.3. The predicted octanol–water partition coefficient (Wildman–Crippen LogP) is 0.915. The van der Waals surface area contributed by atoms with Crippen molar-refractivity contribution in [1.82, 2.24) is 15.5 Å². The summed E-state index contributed by atoms with van der Waals surface area (Å²) < 4.78 is 29.6. The van der Waals surface area contributed by atoms with Crippen molar-refractivity contribution in [2.45, 2.75) is 50.8 Å². The molecule has 31 heavy (non-hydrogen) atoms. The Morgan fingerprint density at radius 3 is 2.35 bits per heavy atom. The first kappa shape index (κ1) is 24.2. The Morgan fingerprint density at radius 2 is 1.81 bits per heavy atom. The molecule has 0 bridgehead atoms. The van der Waals surface area contributed by atoms with Gasteiger partial charge in [-0.15, -0.1) is 0 Å². The zero-order valence-electron chi connectivity index (χ0n) is 17.6. The zero-order valence-corrected chi connectivity index (χ0v) is 18.4. The number of carbonyl (C=O) groups is 3. The van der Waals surface area contributed by atoms with Crippen LogP contribution in [-0.2, 0) is 30.6 Å². The van der Waals surface area contributed by atoms with E-state index in [1.165, 1.54) is 0 Å². The highest BCUT2D eigenvalue weighted by molar-refractivity contribution is 7.90. The molecule has 0 aliphatic heterocycles. The van der Waals surface area contributed by atoms with Crippen molar-refractivity contribution in [3.8, 4) is 0 Å². The minimum atomic E-state index is -3.55. The molecule has 0 aliphatic rings. The van der Waals surface area contributed by atoms with Gasteiger partial charge in [0.1, 0.15) is 6.04 Å². The quantitative estimate of drug-likeness (QED) is 0.505. The number of carbonyl (C=O) groups excluding carboxylic acids is 3. The van der Waals surface area contributed by atoms with Gasteiger partial charge < -0.3 is 15.6 Å². The van der Waals surface area contributed by atoms with Crippen LogP contribution < -0.4 is 11.1 Å². The second-order valence-electron chi connectivity index (χ2n) is 8.16. The highest BCUT2D eigenvalue weighted by Gasteiger charge is 2.30. The number of primary amides is 1. The molecule has 1 aromatic heterocycles. The monoisotopic (exact) mass is 450 g/mol. The van der Waals surface area contributed by atoms with Crippen LogP contribution in [0.2, 0.25) is 0 Å². The van der Waals surface area contributed by atoms with Crippen LogP contribution in [0.1, 0.15) is 55.7 Å². The van der Waals surface area contributed by atoms with Crippen molar-refractivity contribution < 1.29 is 27.3 Å². The third kappa shape index (κ3) is 7.59. The average Bonchev–Trinajstić information content (AvgIpc) is 3.16. The molecular formula is C20H26N4O6S. The van der Waals surface area contributed by atoms with Gasteiger partial charge in [0.25, 0.3) is 0 Å². The summed E-state index contributed by atoms with van der Waals surface area (Å²) in [7, 11) is -3.55. The van der Waals surface area contributed by atoms with Crippen LogP contribution in [0.5, 0.6) is 0 Å². The molecule has 0 saturated heterocycles. The number of benzene rings is 1. The van der Waals surface area contributed by atoms with Gasteiger partial charge in [-0.25, -0.2) is 8.42 Å². The number of aromatic nitrogens is 2. The van der Waals surface area contributed by atoms with E-state index in [1.807, 2.05) is 20.8 Å². The summed E-state index contributed by atoms with van der Waals surface area (Å²) in [6.45, 7) is 5.44. The molecule has 1 heterocycles. The molecule has 0 unspecified atom stereocenters. The van der Waals surface area contributed by atoms with Gasteiger partial charge in [-0.2, -0.15) is 4.98 Å². The Kier molecular flexibility index (Phi) is 7.66. The minimum absolute atomic E-state index is 0.205. The number of sulfone groups is 1. The lowest BCUT2D eigenvalue weighted by molar-refractivity contribution is -0.122. The van der Waals surface area contributed by atoms with E-state index in [9.17, 15) is 22.8 Å². The lowest BCUT2D eigenvalue weighted by Gasteiger charge is -2.15. The summed E-state index contributed by atoms with van der Waals surface area (Å²) in [4.78, 5) is 40.4. The van der Waals surface area contributed by atoms with E-state index in [4.69, 9.17) is 10.3 Å². The number of rotatable bonds is 10. The van der Waals surface area contributed by atoms with Gasteiger partial charge in [-0.1, -0.05) is 56.3 Å². The van der Waals surface area contributed by atoms with Gasteiger partial charge in [0.05, 0.1) is 17.9 Å². The highest BCUT2D eigenvalue weighted by atomic mass is 32.2. The van der Waals surface area contributed by atoms with Gasteiger partial charge in [0.2, 0.25) is 29.3 Å². The predicted molar refractivity (Wildman–Crippen MR) is 112 cm³/mol. The molecule has 1 aromatic carbocycles. The van der Waals surface area contributed by atoms with E-state index in [0.717, 1.165) is 0 Å². The summed E-state index contributed by atoms with van der Waals surface area (Å²) >= 11 is 0. The molecule has 0 radical (unpaired) electrons. The summed E-state index contributed by atoms with van der Waals surface area (Å²) in [6.07, 6.45) is -0.863. The lowest BCUT2D eigenvalue weighted by Crippen LogP contribution is -2.44. The molecular weight excluding hydrogens is 424 g/mol. The van der Waals surface area contributed by atoms with E-state index in [1.54, 1.807) is 30.3 Å². The fourth-order valence-electron chi connectivity index (χ4n) is 2.61. The van der Waals surface area contributed by atoms with Crippen LogP contribution in [0, 0.1) is 0 Å². The fraction of sp³-hybridized carbons (Fsp3) is 0.450. The Balaban J connectivity index is 2.03. The molecule has 2 aromatic rings. The Morgan fingerprint density at radius 1 is 1.16 bits per heavy atom. The lowest BCUT2D eigenvalue weighted by atomic mass is 9.97. The topological polar surface area (TPSA) is 162 Å². The zero-order chi connectivity index (χ0) is 23.2. The van der Waals surface area contributed by atoms with Crippen LogP contribution >= 0.6 is 0 Å². The largest absolute Gasteiger partial charge is 0.370 e. The molecule has 0 aliphatic carbocycles. The number of nitrogens with two attached hydrogens (primary N) is 1. The van der Waals surface area contributed by atoms with E-state index < -0.39 is 51.1 Å². The maximum absolute atomic E-state index is 12.7.